The third kappa shape index (κ3) is 2.85. The molecule has 4 nitrogen and oxygen atoms in total. The molecule has 0 aromatic carbocycles. The molecule has 5 heteroatoms. The van der Waals surface area contributed by atoms with Crippen LogP contribution < -0.4 is 0 Å². The molecule has 0 aliphatic heterocycles. The van der Waals surface area contributed by atoms with Crippen LogP contribution in [0.4, 0.5) is 0 Å². The lowest BCUT2D eigenvalue weighted by atomic mass is 9.89. The largest absolute Gasteiger partial charge is 0.478 e. The van der Waals surface area contributed by atoms with Crippen LogP contribution in [0, 0.1) is 0 Å². The van der Waals surface area contributed by atoms with Gasteiger partial charge in [0.05, 0.1) is 15.4 Å². The standard InChI is InChI=1S/C17H15NO3S/c19-16(11-5-1-2-6-12(11)17(20)21)15-9-8-14(22-15)13-7-3-4-10-18-13/h3-4,7-10H,1-2,5-6H2,(H,20,21). The number of thiophene rings is 1. The summed E-state index contributed by atoms with van der Waals surface area (Å²) in [5.41, 5.74) is 1.57. The normalized spacial score (nSPS) is 14.9. The lowest BCUT2D eigenvalue weighted by Gasteiger charge is -2.15. The molecule has 0 amide bonds. The zero-order chi connectivity index (χ0) is 15.5. The van der Waals surface area contributed by atoms with E-state index in [1.54, 1.807) is 12.3 Å². The van der Waals surface area contributed by atoms with Crippen LogP contribution in [0.25, 0.3) is 10.6 Å². The highest BCUT2D eigenvalue weighted by molar-refractivity contribution is 7.17. The van der Waals surface area contributed by atoms with Crippen LogP contribution >= 0.6 is 11.3 Å². The van der Waals surface area contributed by atoms with Crippen molar-refractivity contribution >= 4 is 23.1 Å². The Kier molecular flexibility index (Phi) is 4.15. The zero-order valence-corrected chi connectivity index (χ0v) is 12.7. The van der Waals surface area contributed by atoms with Gasteiger partial charge in [0.15, 0.2) is 5.78 Å². The molecule has 0 radical (unpaired) electrons. The average Bonchev–Trinajstić information content (AvgIpc) is 3.05. The number of ketones is 1. The van der Waals surface area contributed by atoms with Gasteiger partial charge in [0, 0.05) is 17.3 Å². The number of carbonyl (C=O) groups excluding carboxylic acids is 1. The van der Waals surface area contributed by atoms with Crippen molar-refractivity contribution in [2.24, 2.45) is 0 Å². The highest BCUT2D eigenvalue weighted by Gasteiger charge is 2.25. The Morgan fingerprint density at radius 1 is 1.05 bits per heavy atom. The van der Waals surface area contributed by atoms with E-state index in [2.05, 4.69) is 4.98 Å². The van der Waals surface area contributed by atoms with Crippen molar-refractivity contribution in [1.29, 1.82) is 0 Å². The number of rotatable bonds is 4. The molecule has 0 fully saturated rings. The maximum absolute atomic E-state index is 12.6. The van der Waals surface area contributed by atoms with Crippen molar-refractivity contribution < 1.29 is 14.7 Å². The molecule has 3 rings (SSSR count). The molecule has 112 valence electrons. The first kappa shape index (κ1) is 14.7. The summed E-state index contributed by atoms with van der Waals surface area (Å²) in [6, 6.07) is 9.26. The summed E-state index contributed by atoms with van der Waals surface area (Å²) in [4.78, 5) is 29.7. The number of carbonyl (C=O) groups is 2. The van der Waals surface area contributed by atoms with Gasteiger partial charge in [-0.25, -0.2) is 4.79 Å². The van der Waals surface area contributed by atoms with Gasteiger partial charge in [-0.05, 0) is 49.9 Å². The minimum absolute atomic E-state index is 0.149. The Morgan fingerprint density at radius 2 is 1.82 bits per heavy atom. The fourth-order valence-corrected chi connectivity index (χ4v) is 3.60. The van der Waals surface area contributed by atoms with Crippen molar-refractivity contribution in [2.75, 3.05) is 0 Å². The number of aromatic nitrogens is 1. The molecule has 0 saturated heterocycles. The van der Waals surface area contributed by atoms with Gasteiger partial charge < -0.3 is 5.11 Å². The van der Waals surface area contributed by atoms with Gasteiger partial charge in [-0.1, -0.05) is 6.07 Å². The van der Waals surface area contributed by atoms with Gasteiger partial charge >= 0.3 is 5.97 Å². The Labute approximate surface area is 132 Å². The molecule has 2 aromatic heterocycles. The van der Waals surface area contributed by atoms with Crippen LogP contribution in [0.15, 0.2) is 47.7 Å². The van der Waals surface area contributed by atoms with E-state index in [0.717, 1.165) is 23.4 Å². The second-order valence-electron chi connectivity index (χ2n) is 5.18. The van der Waals surface area contributed by atoms with E-state index in [-0.39, 0.29) is 11.4 Å². The van der Waals surface area contributed by atoms with Crippen LogP contribution in [0.1, 0.15) is 35.4 Å². The number of carboxylic acids is 1. The number of hydrogen-bond acceptors (Lipinski definition) is 4. The molecule has 1 aliphatic carbocycles. The van der Waals surface area contributed by atoms with E-state index >= 15 is 0 Å². The summed E-state index contributed by atoms with van der Waals surface area (Å²) in [5.74, 6) is -1.12. The van der Waals surface area contributed by atoms with E-state index in [0.29, 0.717) is 23.3 Å². The number of allylic oxidation sites excluding steroid dienone is 1. The highest BCUT2D eigenvalue weighted by atomic mass is 32.1. The van der Waals surface area contributed by atoms with E-state index in [4.69, 9.17) is 0 Å². The van der Waals surface area contributed by atoms with Crippen LogP contribution in [0.5, 0.6) is 0 Å². The molecule has 0 atom stereocenters. The van der Waals surface area contributed by atoms with Gasteiger partial charge in [0.2, 0.25) is 0 Å². The maximum Gasteiger partial charge on any atom is 0.331 e. The summed E-state index contributed by atoms with van der Waals surface area (Å²) in [7, 11) is 0. The lowest BCUT2D eigenvalue weighted by molar-refractivity contribution is -0.133. The fraction of sp³-hybridized carbons (Fsp3) is 0.235. The van der Waals surface area contributed by atoms with Gasteiger partial charge in [-0.2, -0.15) is 0 Å². The molecular weight excluding hydrogens is 298 g/mol. The van der Waals surface area contributed by atoms with E-state index in [1.807, 2.05) is 24.3 Å². The minimum atomic E-state index is -0.968. The van der Waals surface area contributed by atoms with Crippen LogP contribution in [-0.2, 0) is 4.79 Å². The van der Waals surface area contributed by atoms with E-state index in [9.17, 15) is 14.7 Å². The molecule has 22 heavy (non-hydrogen) atoms. The Morgan fingerprint density at radius 3 is 2.50 bits per heavy atom. The first-order chi connectivity index (χ1) is 10.7. The molecule has 0 bridgehead atoms. The third-order valence-corrected chi connectivity index (χ3v) is 4.85. The third-order valence-electron chi connectivity index (χ3n) is 3.75. The monoisotopic (exact) mass is 313 g/mol. The van der Waals surface area contributed by atoms with Crippen LogP contribution in [0.2, 0.25) is 0 Å². The summed E-state index contributed by atoms with van der Waals surface area (Å²) >= 11 is 1.36. The molecule has 2 aromatic rings. The number of pyridine rings is 1. The number of hydrogen-bond donors (Lipinski definition) is 1. The lowest BCUT2D eigenvalue weighted by Crippen LogP contribution is -2.15. The summed E-state index contributed by atoms with van der Waals surface area (Å²) in [5, 5.41) is 9.27. The molecule has 0 unspecified atom stereocenters. The Hall–Kier alpha value is -2.27. The molecule has 0 spiro atoms. The van der Waals surface area contributed by atoms with Crippen LogP contribution in [-0.4, -0.2) is 21.8 Å². The average molecular weight is 313 g/mol. The van der Waals surface area contributed by atoms with Gasteiger partial charge in [-0.15, -0.1) is 11.3 Å². The number of nitrogens with zero attached hydrogens (tertiary/aromatic N) is 1. The quantitative estimate of drug-likeness (QED) is 0.868. The first-order valence-corrected chi connectivity index (χ1v) is 7.99. The van der Waals surface area contributed by atoms with Crippen molar-refractivity contribution in [3.63, 3.8) is 0 Å². The predicted octanol–water partition coefficient (Wildman–Crippen LogP) is 3.95. The molecule has 0 saturated carbocycles. The zero-order valence-electron chi connectivity index (χ0n) is 11.9. The Balaban J connectivity index is 1.93. The molecule has 2 heterocycles. The Bertz CT molecular complexity index is 746. The maximum atomic E-state index is 12.6. The van der Waals surface area contributed by atoms with Crippen molar-refractivity contribution in [2.45, 2.75) is 25.7 Å². The van der Waals surface area contributed by atoms with Crippen molar-refractivity contribution in [3.05, 3.63) is 52.6 Å². The second kappa shape index (κ2) is 6.23. The smallest absolute Gasteiger partial charge is 0.331 e. The number of carboxylic acid groups (broad SMARTS) is 1. The molecular formula is C17H15NO3S. The van der Waals surface area contributed by atoms with Gasteiger partial charge in [0.1, 0.15) is 0 Å². The molecule has 1 aliphatic rings. The SMILES string of the molecule is O=C(O)C1=C(C(=O)c2ccc(-c3ccccn3)s2)CCCC1. The minimum Gasteiger partial charge on any atom is -0.478 e. The summed E-state index contributed by atoms with van der Waals surface area (Å²) in [6.45, 7) is 0. The van der Waals surface area contributed by atoms with Crippen LogP contribution in [0.3, 0.4) is 0 Å². The van der Waals surface area contributed by atoms with Crippen molar-refractivity contribution in [1.82, 2.24) is 4.98 Å². The predicted molar refractivity (Wildman–Crippen MR) is 85.0 cm³/mol. The van der Waals surface area contributed by atoms with Crippen molar-refractivity contribution in [3.8, 4) is 10.6 Å². The van der Waals surface area contributed by atoms with Gasteiger partial charge in [-0.3, -0.25) is 9.78 Å². The fourth-order valence-electron chi connectivity index (χ4n) is 2.65. The highest BCUT2D eigenvalue weighted by Crippen LogP contribution is 2.32. The number of Topliss-reactive ketones (excluding diaryl/α,β-unsaturated/α-hetero) is 1. The topological polar surface area (TPSA) is 67.3 Å². The number of aliphatic carboxylic acids is 1. The summed E-state index contributed by atoms with van der Waals surface area (Å²) in [6.07, 6.45) is 4.45. The second-order valence-corrected chi connectivity index (χ2v) is 6.26. The molecule has 1 N–H and O–H groups in total. The van der Waals surface area contributed by atoms with Gasteiger partial charge in [0.25, 0.3) is 0 Å². The first-order valence-electron chi connectivity index (χ1n) is 7.18. The van der Waals surface area contributed by atoms with E-state index < -0.39 is 5.97 Å². The summed E-state index contributed by atoms with van der Waals surface area (Å²) < 4.78 is 0. The van der Waals surface area contributed by atoms with E-state index in [1.165, 1.54) is 11.3 Å².